The Labute approximate surface area is 126 Å². The van der Waals surface area contributed by atoms with E-state index in [-0.39, 0.29) is 0 Å². The maximum Gasteiger partial charge on any atom is 0.165 e. The van der Waals surface area contributed by atoms with Crippen molar-refractivity contribution in [2.24, 2.45) is 0 Å². The van der Waals surface area contributed by atoms with E-state index in [4.69, 9.17) is 0 Å². The number of rotatable bonds is 2. The van der Waals surface area contributed by atoms with Crippen LogP contribution in [0.5, 0.6) is 0 Å². The number of benzene rings is 1. The zero-order valence-electron chi connectivity index (χ0n) is 11.4. The number of pyridine rings is 1. The molecule has 0 aliphatic heterocycles. The maximum absolute atomic E-state index is 4.64. The van der Waals surface area contributed by atoms with Crippen LogP contribution in [0.3, 0.4) is 0 Å². The molecule has 4 heteroatoms. The molecule has 0 aliphatic rings. The molecule has 2 heterocycles. The molecule has 0 saturated carbocycles. The quantitative estimate of drug-likeness (QED) is 0.647. The summed E-state index contributed by atoms with van der Waals surface area (Å²) >= 11 is 3.47. The number of aryl methyl sites for hydroxylation is 1. The highest BCUT2D eigenvalue weighted by Gasteiger charge is 2.15. The molecule has 0 spiro atoms. The second-order valence-corrected chi connectivity index (χ2v) is 5.62. The molecule has 100 valence electrons. The van der Waals surface area contributed by atoms with Gasteiger partial charge in [-0.25, -0.2) is 9.67 Å². The van der Waals surface area contributed by atoms with Gasteiger partial charge in [-0.2, -0.15) is 5.10 Å². The van der Waals surface area contributed by atoms with Gasteiger partial charge in [0, 0.05) is 5.39 Å². The van der Waals surface area contributed by atoms with Crippen molar-refractivity contribution < 1.29 is 0 Å². The molecule has 0 aliphatic carbocycles. The number of allylic oxidation sites excluding steroid dienone is 1. The molecule has 0 amide bonds. The van der Waals surface area contributed by atoms with Gasteiger partial charge < -0.3 is 0 Å². The van der Waals surface area contributed by atoms with E-state index in [1.807, 2.05) is 54.9 Å². The summed E-state index contributed by atoms with van der Waals surface area (Å²) in [4.78, 5) is 4.59. The van der Waals surface area contributed by atoms with Crippen LogP contribution in [0.1, 0.15) is 18.2 Å². The van der Waals surface area contributed by atoms with Crippen LogP contribution in [0, 0.1) is 6.92 Å². The first-order valence-corrected chi connectivity index (χ1v) is 7.14. The molecule has 0 fully saturated rings. The Morgan fingerprint density at radius 1 is 1.25 bits per heavy atom. The van der Waals surface area contributed by atoms with Crippen molar-refractivity contribution in [2.45, 2.75) is 13.8 Å². The normalized spacial score (nSPS) is 10.9. The van der Waals surface area contributed by atoms with E-state index in [1.165, 1.54) is 0 Å². The summed E-state index contributed by atoms with van der Waals surface area (Å²) in [6.45, 7) is 8.06. The molecular weight excluding hydrogens is 314 g/mol. The second kappa shape index (κ2) is 4.87. The first kappa shape index (κ1) is 13.1. The third-order valence-corrected chi connectivity index (χ3v) is 3.65. The number of halogens is 1. The zero-order chi connectivity index (χ0) is 14.3. The highest BCUT2D eigenvalue weighted by Crippen LogP contribution is 2.29. The molecule has 20 heavy (non-hydrogen) atoms. The van der Waals surface area contributed by atoms with Crippen molar-refractivity contribution in [1.82, 2.24) is 14.8 Å². The smallest absolute Gasteiger partial charge is 0.165 e. The van der Waals surface area contributed by atoms with E-state index < -0.39 is 0 Å². The number of para-hydroxylation sites is 1. The Morgan fingerprint density at radius 2 is 1.95 bits per heavy atom. The van der Waals surface area contributed by atoms with Crippen LogP contribution in [0.25, 0.3) is 22.3 Å². The number of hydrogen-bond acceptors (Lipinski definition) is 2. The van der Waals surface area contributed by atoms with Crippen molar-refractivity contribution in [3.63, 3.8) is 0 Å². The lowest BCUT2D eigenvalue weighted by Gasteiger charge is -2.06. The molecule has 0 N–H and O–H groups in total. The van der Waals surface area contributed by atoms with Gasteiger partial charge in [-0.15, -0.1) is 0 Å². The fourth-order valence-corrected chi connectivity index (χ4v) is 2.74. The molecule has 0 bridgehead atoms. The van der Waals surface area contributed by atoms with Crippen LogP contribution in [0.15, 0.2) is 47.6 Å². The number of fused-ring (bicyclic) bond motifs is 1. The summed E-state index contributed by atoms with van der Waals surface area (Å²) in [6.07, 6.45) is 0. The summed E-state index contributed by atoms with van der Waals surface area (Å²) in [5.41, 5.74) is 4.90. The summed E-state index contributed by atoms with van der Waals surface area (Å²) in [6, 6.07) is 12.0. The number of aromatic nitrogens is 3. The molecule has 0 saturated heterocycles. The van der Waals surface area contributed by atoms with Gasteiger partial charge in [-0.1, -0.05) is 30.4 Å². The van der Waals surface area contributed by atoms with Crippen LogP contribution < -0.4 is 0 Å². The van der Waals surface area contributed by atoms with Gasteiger partial charge in [-0.3, -0.25) is 0 Å². The second-order valence-electron chi connectivity index (χ2n) is 4.80. The molecule has 3 rings (SSSR count). The lowest BCUT2D eigenvalue weighted by molar-refractivity contribution is 0.876. The fraction of sp³-hybridized carbons (Fsp3) is 0.125. The van der Waals surface area contributed by atoms with Crippen molar-refractivity contribution in [3.05, 3.63) is 58.8 Å². The first-order chi connectivity index (χ1) is 9.58. The van der Waals surface area contributed by atoms with E-state index in [0.29, 0.717) is 0 Å². The van der Waals surface area contributed by atoms with E-state index in [2.05, 4.69) is 32.6 Å². The number of hydrogen-bond donors (Lipinski definition) is 0. The molecule has 2 aromatic heterocycles. The van der Waals surface area contributed by atoms with Crippen molar-refractivity contribution in [1.29, 1.82) is 0 Å². The molecule has 3 nitrogen and oxygen atoms in total. The first-order valence-electron chi connectivity index (χ1n) is 6.35. The Bertz CT molecular complexity index is 803. The maximum atomic E-state index is 4.64. The number of nitrogens with zero attached hydrogens (tertiary/aromatic N) is 3. The van der Waals surface area contributed by atoms with Gasteiger partial charge >= 0.3 is 0 Å². The third-order valence-electron chi connectivity index (χ3n) is 3.24. The Morgan fingerprint density at radius 3 is 2.60 bits per heavy atom. The lowest BCUT2D eigenvalue weighted by Crippen LogP contribution is -1.98. The van der Waals surface area contributed by atoms with Gasteiger partial charge in [0.25, 0.3) is 0 Å². The van der Waals surface area contributed by atoms with Crippen LogP contribution in [0.4, 0.5) is 0 Å². The molecule has 0 unspecified atom stereocenters. The standard InChI is InChI=1S/C16H14BrN3/c1-10(2)13-9-14(17)18-16-15(13)11(3)19-20(16)12-7-5-4-6-8-12/h4-9H,1H2,2-3H3. The largest absolute Gasteiger partial charge is 0.221 e. The Hall–Kier alpha value is -1.94. The zero-order valence-corrected chi connectivity index (χ0v) is 13.0. The van der Waals surface area contributed by atoms with Crippen LogP contribution in [-0.2, 0) is 0 Å². The Balaban J connectivity index is 2.40. The average Bonchev–Trinajstić information content (AvgIpc) is 2.76. The van der Waals surface area contributed by atoms with Crippen molar-refractivity contribution in [3.8, 4) is 5.69 Å². The van der Waals surface area contributed by atoms with Gasteiger partial charge in [0.15, 0.2) is 5.65 Å². The van der Waals surface area contributed by atoms with E-state index >= 15 is 0 Å². The van der Waals surface area contributed by atoms with Gasteiger partial charge in [0.05, 0.1) is 11.4 Å². The lowest BCUT2D eigenvalue weighted by atomic mass is 10.1. The van der Waals surface area contributed by atoms with Gasteiger partial charge in [0.2, 0.25) is 0 Å². The summed E-state index contributed by atoms with van der Waals surface area (Å²) in [5.74, 6) is 0. The predicted octanol–water partition coefficient (Wildman–Crippen LogP) is 4.52. The van der Waals surface area contributed by atoms with Gasteiger partial charge in [-0.05, 0) is 53.5 Å². The summed E-state index contributed by atoms with van der Waals surface area (Å²) in [5, 5.41) is 5.70. The predicted molar refractivity (Wildman–Crippen MR) is 86.0 cm³/mol. The van der Waals surface area contributed by atoms with E-state index in [0.717, 1.165) is 38.2 Å². The third kappa shape index (κ3) is 2.06. The SMILES string of the molecule is C=C(C)c1cc(Br)nc2c1c(C)nn2-c1ccccc1. The van der Waals surface area contributed by atoms with Gasteiger partial charge in [0.1, 0.15) is 4.60 Å². The topological polar surface area (TPSA) is 30.7 Å². The average molecular weight is 328 g/mol. The monoisotopic (exact) mass is 327 g/mol. The summed E-state index contributed by atoms with van der Waals surface area (Å²) < 4.78 is 2.67. The minimum Gasteiger partial charge on any atom is -0.221 e. The Kier molecular flexibility index (Phi) is 3.18. The van der Waals surface area contributed by atoms with Crippen LogP contribution in [0.2, 0.25) is 0 Å². The van der Waals surface area contributed by atoms with Crippen LogP contribution in [-0.4, -0.2) is 14.8 Å². The molecular formula is C16H14BrN3. The fourth-order valence-electron chi connectivity index (χ4n) is 2.34. The van der Waals surface area contributed by atoms with E-state index in [9.17, 15) is 0 Å². The molecule has 3 aromatic rings. The minimum atomic E-state index is 0.792. The highest BCUT2D eigenvalue weighted by molar-refractivity contribution is 9.10. The molecule has 1 aromatic carbocycles. The van der Waals surface area contributed by atoms with E-state index in [1.54, 1.807) is 0 Å². The summed E-state index contributed by atoms with van der Waals surface area (Å²) in [7, 11) is 0. The molecule has 0 radical (unpaired) electrons. The van der Waals surface area contributed by atoms with Crippen LogP contribution >= 0.6 is 15.9 Å². The van der Waals surface area contributed by atoms with Crippen molar-refractivity contribution >= 4 is 32.5 Å². The van der Waals surface area contributed by atoms with Crippen molar-refractivity contribution in [2.75, 3.05) is 0 Å². The minimum absolute atomic E-state index is 0.792. The highest BCUT2D eigenvalue weighted by atomic mass is 79.9. The molecule has 0 atom stereocenters.